The maximum atomic E-state index is 14.0. The summed E-state index contributed by atoms with van der Waals surface area (Å²) in [5.74, 6) is -0.642. The van der Waals surface area contributed by atoms with Crippen LogP contribution in [-0.2, 0) is 20.7 Å². The Morgan fingerprint density at radius 2 is 1.59 bits per heavy atom. The molecule has 218 valence electrons. The van der Waals surface area contributed by atoms with Crippen LogP contribution < -0.4 is 15.4 Å². The molecule has 0 aliphatic rings. The Hall–Kier alpha value is -4.73. The summed E-state index contributed by atoms with van der Waals surface area (Å²) in [6.45, 7) is 6.80. The van der Waals surface area contributed by atoms with Crippen LogP contribution in [0.15, 0.2) is 66.7 Å². The molecule has 0 heterocycles. The molecule has 0 bridgehead atoms. The van der Waals surface area contributed by atoms with Crippen LogP contribution in [0.4, 0.5) is 10.5 Å². The van der Waals surface area contributed by atoms with Gasteiger partial charge in [-0.25, -0.2) is 4.79 Å². The first-order valence-electron chi connectivity index (χ1n) is 13.1. The highest BCUT2D eigenvalue weighted by Crippen LogP contribution is 2.32. The summed E-state index contributed by atoms with van der Waals surface area (Å²) in [6, 6.07) is 15.4. The predicted octanol–water partition coefficient (Wildman–Crippen LogP) is 4.69. The highest BCUT2D eigenvalue weighted by atomic mass is 16.6. The van der Waals surface area contributed by atoms with E-state index in [4.69, 9.17) is 9.47 Å². The Kier molecular flexibility index (Phi) is 9.83. The van der Waals surface area contributed by atoms with Gasteiger partial charge in [-0.05, 0) is 75.2 Å². The lowest BCUT2D eigenvalue weighted by atomic mass is 9.98. The third kappa shape index (κ3) is 8.38. The van der Waals surface area contributed by atoms with Crippen molar-refractivity contribution in [1.82, 2.24) is 10.2 Å². The number of methoxy groups -OCH3 is 1. The Bertz CT molecular complexity index is 1370. The molecular weight excluding hydrogens is 526 g/mol. The van der Waals surface area contributed by atoms with Crippen molar-refractivity contribution in [3.8, 4) is 17.2 Å². The van der Waals surface area contributed by atoms with Crippen molar-refractivity contribution < 1.29 is 34.1 Å². The van der Waals surface area contributed by atoms with Crippen molar-refractivity contribution in [2.45, 2.75) is 51.8 Å². The number of aryl methyl sites for hydroxylation is 1. The number of nitrogens with one attached hydrogen (secondary N) is 2. The molecule has 10 nitrogen and oxygen atoms in total. The summed E-state index contributed by atoms with van der Waals surface area (Å²) in [7, 11) is 2.97. The van der Waals surface area contributed by atoms with E-state index in [0.29, 0.717) is 22.6 Å². The van der Waals surface area contributed by atoms with E-state index in [2.05, 4.69) is 10.6 Å². The van der Waals surface area contributed by atoms with E-state index < -0.39 is 35.6 Å². The third-order valence-electron chi connectivity index (χ3n) is 6.27. The highest BCUT2D eigenvalue weighted by Gasteiger charge is 2.36. The topological polar surface area (TPSA) is 137 Å². The molecule has 0 aliphatic carbocycles. The molecule has 0 saturated heterocycles. The van der Waals surface area contributed by atoms with E-state index in [0.717, 1.165) is 0 Å². The van der Waals surface area contributed by atoms with Crippen molar-refractivity contribution in [2.75, 3.05) is 19.5 Å². The number of carbonyl (C=O) groups excluding carboxylic acids is 3. The summed E-state index contributed by atoms with van der Waals surface area (Å²) in [6.07, 6.45) is -0.754. The third-order valence-corrected chi connectivity index (χ3v) is 6.27. The van der Waals surface area contributed by atoms with Gasteiger partial charge >= 0.3 is 6.09 Å². The van der Waals surface area contributed by atoms with Gasteiger partial charge in [0.25, 0.3) is 5.91 Å². The number of amides is 3. The fourth-order valence-electron chi connectivity index (χ4n) is 4.20. The van der Waals surface area contributed by atoms with Crippen LogP contribution in [0.25, 0.3) is 0 Å². The van der Waals surface area contributed by atoms with Crippen LogP contribution in [0, 0.1) is 6.92 Å². The molecule has 3 amide bonds. The van der Waals surface area contributed by atoms with E-state index in [-0.39, 0.29) is 23.5 Å². The maximum Gasteiger partial charge on any atom is 0.408 e. The molecular formula is C31H37N3O7. The number of phenols is 2. The van der Waals surface area contributed by atoms with Crippen molar-refractivity contribution in [1.29, 1.82) is 0 Å². The number of anilines is 1. The minimum atomic E-state index is -1.26. The summed E-state index contributed by atoms with van der Waals surface area (Å²) in [4.78, 5) is 41.6. The molecule has 10 heteroatoms. The number of hydrogen-bond donors (Lipinski definition) is 4. The zero-order valence-corrected chi connectivity index (χ0v) is 24.1. The van der Waals surface area contributed by atoms with Gasteiger partial charge in [0, 0.05) is 24.7 Å². The number of hydrogen-bond acceptors (Lipinski definition) is 7. The number of rotatable bonds is 9. The molecule has 0 aromatic heterocycles. The monoisotopic (exact) mass is 563 g/mol. The lowest BCUT2D eigenvalue weighted by molar-refractivity contribution is -0.139. The van der Waals surface area contributed by atoms with Gasteiger partial charge in [0.1, 0.15) is 34.9 Å². The summed E-state index contributed by atoms with van der Waals surface area (Å²) in [5.41, 5.74) is 1.05. The van der Waals surface area contributed by atoms with Crippen molar-refractivity contribution in [2.24, 2.45) is 0 Å². The van der Waals surface area contributed by atoms with Gasteiger partial charge in [-0.15, -0.1) is 0 Å². The van der Waals surface area contributed by atoms with Crippen molar-refractivity contribution >= 4 is 23.6 Å². The largest absolute Gasteiger partial charge is 0.508 e. The van der Waals surface area contributed by atoms with Crippen molar-refractivity contribution in [3.63, 3.8) is 0 Å². The van der Waals surface area contributed by atoms with Crippen LogP contribution in [-0.4, -0.2) is 58.8 Å². The predicted molar refractivity (Wildman–Crippen MR) is 155 cm³/mol. The fraction of sp³-hybridized carbons (Fsp3) is 0.323. The molecule has 0 fully saturated rings. The number of likely N-dealkylation sites (N-methyl/N-ethyl adjacent to an activating group) is 1. The second kappa shape index (κ2) is 13.1. The zero-order chi connectivity index (χ0) is 30.3. The number of carbonyl (C=O) groups is 3. The molecule has 0 saturated carbocycles. The van der Waals surface area contributed by atoms with Crippen LogP contribution in [0.3, 0.4) is 0 Å². The smallest absolute Gasteiger partial charge is 0.408 e. The zero-order valence-electron chi connectivity index (χ0n) is 24.1. The van der Waals surface area contributed by atoms with Crippen LogP contribution in [0.1, 0.15) is 43.5 Å². The molecule has 41 heavy (non-hydrogen) atoms. The number of ether oxygens (including phenoxy) is 2. The second-order valence-electron chi connectivity index (χ2n) is 10.7. The van der Waals surface area contributed by atoms with Crippen LogP contribution >= 0.6 is 0 Å². The average Bonchev–Trinajstić information content (AvgIpc) is 2.91. The van der Waals surface area contributed by atoms with Crippen molar-refractivity contribution in [3.05, 3.63) is 83.4 Å². The lowest BCUT2D eigenvalue weighted by Crippen LogP contribution is -2.52. The van der Waals surface area contributed by atoms with E-state index in [1.165, 1.54) is 31.2 Å². The van der Waals surface area contributed by atoms with E-state index >= 15 is 0 Å². The van der Waals surface area contributed by atoms with E-state index in [9.17, 15) is 24.6 Å². The van der Waals surface area contributed by atoms with Gasteiger partial charge in [0.05, 0.1) is 7.11 Å². The second-order valence-corrected chi connectivity index (χ2v) is 10.7. The molecule has 0 aliphatic heterocycles. The first-order chi connectivity index (χ1) is 19.3. The first-order valence-corrected chi connectivity index (χ1v) is 13.1. The summed E-state index contributed by atoms with van der Waals surface area (Å²) >= 11 is 0. The molecule has 3 rings (SSSR count). The summed E-state index contributed by atoms with van der Waals surface area (Å²) < 4.78 is 10.6. The number of aromatic hydroxyl groups is 2. The van der Waals surface area contributed by atoms with Gasteiger partial charge < -0.3 is 35.2 Å². The van der Waals surface area contributed by atoms with Gasteiger partial charge in [0.15, 0.2) is 0 Å². The maximum absolute atomic E-state index is 14.0. The number of para-hydroxylation sites is 1. The number of benzene rings is 3. The minimum Gasteiger partial charge on any atom is -0.508 e. The lowest BCUT2D eigenvalue weighted by Gasteiger charge is -2.32. The molecule has 2 unspecified atom stereocenters. The number of alkyl carbamates (subject to hydrolysis) is 1. The Morgan fingerprint density at radius 3 is 2.17 bits per heavy atom. The fourth-order valence-corrected chi connectivity index (χ4v) is 4.20. The van der Waals surface area contributed by atoms with E-state index in [1.807, 2.05) is 0 Å². The Morgan fingerprint density at radius 1 is 0.951 bits per heavy atom. The van der Waals surface area contributed by atoms with Gasteiger partial charge in [-0.1, -0.05) is 30.3 Å². The quantitative estimate of drug-likeness (QED) is 0.296. The molecule has 4 N–H and O–H groups in total. The standard InChI is InChI=1S/C31H37N3O7/c1-19-8-7-9-24(27(19)36)26(28(37)32-21-12-16-23(40-6)17-13-21)34(5)29(38)25(33-30(39)41-31(2,3)4)18-20-10-14-22(35)15-11-20/h7-17,25-26,35-36H,18H2,1-6H3,(H,32,37)(H,33,39). The summed E-state index contributed by atoms with van der Waals surface area (Å²) in [5, 5.41) is 26.0. The molecule has 3 aromatic carbocycles. The van der Waals surface area contributed by atoms with Crippen LogP contribution in [0.2, 0.25) is 0 Å². The number of nitrogens with zero attached hydrogens (tertiary/aromatic N) is 1. The molecule has 0 spiro atoms. The van der Waals surface area contributed by atoms with Gasteiger partial charge in [0.2, 0.25) is 5.91 Å². The first kappa shape index (κ1) is 30.8. The highest BCUT2D eigenvalue weighted by molar-refractivity contribution is 5.99. The van der Waals surface area contributed by atoms with E-state index in [1.54, 1.807) is 82.3 Å². The molecule has 3 aromatic rings. The van der Waals surface area contributed by atoms with Gasteiger partial charge in [-0.2, -0.15) is 0 Å². The number of phenolic OH excluding ortho intramolecular Hbond substituents is 2. The normalized spacial score (nSPS) is 12.5. The Balaban J connectivity index is 1.98. The molecule has 0 radical (unpaired) electrons. The minimum absolute atomic E-state index is 0.0509. The van der Waals surface area contributed by atoms with Crippen LogP contribution in [0.5, 0.6) is 17.2 Å². The average molecular weight is 564 g/mol. The Labute approximate surface area is 239 Å². The molecule has 2 atom stereocenters. The van der Waals surface area contributed by atoms with Gasteiger partial charge in [-0.3, -0.25) is 9.59 Å². The SMILES string of the molecule is COc1ccc(NC(=O)C(c2cccc(C)c2O)N(C)C(=O)C(Cc2ccc(O)cc2)NC(=O)OC(C)(C)C)cc1.